The van der Waals surface area contributed by atoms with E-state index in [0.717, 1.165) is 77.7 Å². The third-order valence-electron chi connectivity index (χ3n) is 10.2. The molecule has 0 aromatic rings. The number of allylic oxidation sites excluding steroid dienone is 4. The molecule has 0 saturated heterocycles. The highest BCUT2D eigenvalue weighted by atomic mass is 32.3. The van der Waals surface area contributed by atoms with E-state index in [-0.39, 0.29) is 18.6 Å². The van der Waals surface area contributed by atoms with Crippen LogP contribution in [0.15, 0.2) is 24.3 Å². The van der Waals surface area contributed by atoms with Crippen LogP contribution >= 0.6 is 0 Å². The molecule has 2 unspecified atom stereocenters. The van der Waals surface area contributed by atoms with Crippen LogP contribution < -0.4 is 5.73 Å². The van der Waals surface area contributed by atoms with Crippen molar-refractivity contribution in [3.05, 3.63) is 24.3 Å². The Labute approximate surface area is 330 Å². The van der Waals surface area contributed by atoms with Gasteiger partial charge >= 0.3 is 16.4 Å². The molecule has 0 aliphatic rings. The number of Topliss-reactive ketones (excluding diaryl/α,β-unsaturated/α-hetero) is 2. The van der Waals surface area contributed by atoms with Gasteiger partial charge in [0.2, 0.25) is 0 Å². The molecule has 0 aliphatic heterocycles. The molecule has 318 valence electrons. The van der Waals surface area contributed by atoms with Crippen molar-refractivity contribution in [2.45, 2.75) is 213 Å². The van der Waals surface area contributed by atoms with E-state index in [2.05, 4.69) is 42.3 Å². The quantitative estimate of drug-likeness (QED) is 0.0205. The molecule has 0 radical (unpaired) electrons. The summed E-state index contributed by atoms with van der Waals surface area (Å²) >= 11 is 0. The highest BCUT2D eigenvalue weighted by Crippen LogP contribution is 2.39. The summed E-state index contributed by atoms with van der Waals surface area (Å²) in [5, 5.41) is 21.3. The Balaban J connectivity index is 0. The molecule has 10 nitrogen and oxygen atoms in total. The van der Waals surface area contributed by atoms with Gasteiger partial charge in [0.25, 0.3) is 0 Å². The summed E-state index contributed by atoms with van der Waals surface area (Å²) in [6.07, 6.45) is 38.6. The van der Waals surface area contributed by atoms with Gasteiger partial charge in [-0.3, -0.25) is 23.1 Å². The summed E-state index contributed by atoms with van der Waals surface area (Å²) in [5.74, 6) is -2.32. The maximum Gasteiger partial charge on any atom is 0.397 e. The minimum Gasteiger partial charge on any atom is -0.480 e. The molecule has 54 heavy (non-hydrogen) atoms. The first-order valence-corrected chi connectivity index (χ1v) is 22.7. The lowest BCUT2D eigenvalue weighted by Gasteiger charge is -2.40. The fourth-order valence-corrected chi connectivity index (χ4v) is 6.54. The van der Waals surface area contributed by atoms with Crippen LogP contribution in [-0.4, -0.2) is 60.0 Å². The van der Waals surface area contributed by atoms with Crippen molar-refractivity contribution in [2.75, 3.05) is 13.7 Å². The standard InChI is InChI=1S/C42H77NO5.CH4O4S/c1-4-6-8-10-12-14-16-18-20-22-24-26-28-30-32-34-38(44)36-42(40(46)47,41(3,48)37-43)39(45)35-33-31-29-27-25-23-21-19-17-15-13-11-9-7-5-2;1-5-6(2,3)4/h18-21,48H,4-17,22-37,43H2,1-3H3,(H,46,47);1H3,(H,2,3,4)/b20-18-,21-19-;. The number of carbonyl (C=O) groups excluding carboxylic acids is 2. The monoisotopic (exact) mass is 788 g/mol. The number of hydrogen-bond donors (Lipinski definition) is 4. The topological polar surface area (TPSA) is 181 Å². The van der Waals surface area contributed by atoms with E-state index in [9.17, 15) is 33.0 Å². The Morgan fingerprint density at radius 3 is 1.24 bits per heavy atom. The number of rotatable bonds is 37. The first-order valence-electron chi connectivity index (χ1n) is 21.3. The van der Waals surface area contributed by atoms with E-state index < -0.39 is 46.1 Å². The van der Waals surface area contributed by atoms with Gasteiger partial charge in [-0.25, -0.2) is 0 Å². The van der Waals surface area contributed by atoms with Gasteiger partial charge in [0.1, 0.15) is 5.78 Å². The van der Waals surface area contributed by atoms with Gasteiger partial charge in [0.05, 0.1) is 12.7 Å². The minimum absolute atomic E-state index is 0.0291. The lowest BCUT2D eigenvalue weighted by molar-refractivity contribution is -0.175. The van der Waals surface area contributed by atoms with Crippen molar-refractivity contribution in [3.63, 3.8) is 0 Å². The summed E-state index contributed by atoms with van der Waals surface area (Å²) < 4.78 is 29.7. The van der Waals surface area contributed by atoms with E-state index in [1.165, 1.54) is 90.4 Å². The SMILES string of the molecule is CCCCCCCC/C=C\CCCCCCCC(=O)CC(C(=O)O)(C(=O)CCCCCCC/C=C\CCCCCCCC)C(C)(O)CN.COS(=O)(=O)O. The van der Waals surface area contributed by atoms with Crippen molar-refractivity contribution in [1.82, 2.24) is 0 Å². The smallest absolute Gasteiger partial charge is 0.397 e. The van der Waals surface area contributed by atoms with Gasteiger partial charge in [-0.15, -0.1) is 0 Å². The van der Waals surface area contributed by atoms with Gasteiger partial charge in [-0.1, -0.05) is 141 Å². The summed E-state index contributed by atoms with van der Waals surface area (Å²) in [5.41, 5.74) is 1.57. The van der Waals surface area contributed by atoms with Crippen LogP contribution in [0.5, 0.6) is 0 Å². The Hall–Kier alpha value is -1.92. The van der Waals surface area contributed by atoms with Gasteiger partial charge in [-0.2, -0.15) is 8.42 Å². The summed E-state index contributed by atoms with van der Waals surface area (Å²) in [7, 11) is -3.29. The number of carbonyl (C=O) groups is 3. The van der Waals surface area contributed by atoms with Gasteiger partial charge in [0.15, 0.2) is 11.2 Å². The van der Waals surface area contributed by atoms with Crippen LogP contribution in [0.4, 0.5) is 0 Å². The first kappa shape index (κ1) is 54.2. The number of carboxylic acids is 1. The van der Waals surface area contributed by atoms with Crippen LogP contribution in [-0.2, 0) is 29.0 Å². The third-order valence-corrected chi connectivity index (χ3v) is 10.6. The Bertz CT molecular complexity index is 1100. The van der Waals surface area contributed by atoms with Gasteiger partial charge in [-0.05, 0) is 71.1 Å². The highest BCUT2D eigenvalue weighted by molar-refractivity contribution is 7.80. The van der Waals surface area contributed by atoms with Crippen molar-refractivity contribution in [1.29, 1.82) is 0 Å². The second kappa shape index (κ2) is 35.5. The minimum atomic E-state index is -4.16. The van der Waals surface area contributed by atoms with Crippen molar-refractivity contribution >= 4 is 27.9 Å². The normalized spacial score (nSPS) is 14.1. The number of carboxylic acid groups (broad SMARTS) is 1. The second-order valence-corrected chi connectivity index (χ2v) is 16.3. The molecule has 0 aromatic carbocycles. The fraction of sp³-hybridized carbons (Fsp3) is 0.837. The Morgan fingerprint density at radius 2 is 0.926 bits per heavy atom. The number of unbranched alkanes of at least 4 members (excludes halogenated alkanes) is 22. The third kappa shape index (κ3) is 29.4. The molecule has 0 rings (SSSR count). The maximum absolute atomic E-state index is 13.4. The molecule has 11 heteroatoms. The molecular formula is C43H81NO9S. The van der Waals surface area contributed by atoms with Crippen molar-refractivity contribution < 1.29 is 41.8 Å². The number of nitrogens with two attached hydrogens (primary N) is 1. The molecule has 0 fully saturated rings. The molecule has 0 amide bonds. The van der Waals surface area contributed by atoms with Crippen LogP contribution in [0, 0.1) is 5.41 Å². The van der Waals surface area contributed by atoms with Crippen molar-refractivity contribution in [2.24, 2.45) is 11.1 Å². The summed E-state index contributed by atoms with van der Waals surface area (Å²) in [6, 6.07) is 0. The molecule has 0 bridgehead atoms. The predicted octanol–water partition coefficient (Wildman–Crippen LogP) is 10.8. The predicted molar refractivity (Wildman–Crippen MR) is 222 cm³/mol. The van der Waals surface area contributed by atoms with Crippen LogP contribution in [0.3, 0.4) is 0 Å². The van der Waals surface area contributed by atoms with Crippen LogP contribution in [0.25, 0.3) is 0 Å². The molecule has 5 N–H and O–H groups in total. The first-order chi connectivity index (χ1) is 25.8. The largest absolute Gasteiger partial charge is 0.480 e. The lowest BCUT2D eigenvalue weighted by atomic mass is 9.65. The zero-order valence-electron chi connectivity index (χ0n) is 34.8. The van der Waals surface area contributed by atoms with E-state index in [4.69, 9.17) is 10.3 Å². The molecule has 0 spiro atoms. The Kier molecular flexibility index (Phi) is 35.6. The average Bonchev–Trinajstić information content (AvgIpc) is 3.13. The van der Waals surface area contributed by atoms with E-state index in [0.29, 0.717) is 12.8 Å². The lowest BCUT2D eigenvalue weighted by Crippen LogP contribution is -2.60. The number of ketones is 2. The molecule has 0 aliphatic carbocycles. The van der Waals surface area contributed by atoms with Crippen LogP contribution in [0.1, 0.15) is 207 Å². The van der Waals surface area contributed by atoms with Gasteiger partial charge < -0.3 is 15.9 Å². The van der Waals surface area contributed by atoms with Gasteiger partial charge in [0, 0.05) is 25.8 Å². The second-order valence-electron chi connectivity index (χ2n) is 15.1. The zero-order chi connectivity index (χ0) is 41.0. The summed E-state index contributed by atoms with van der Waals surface area (Å²) in [6.45, 7) is 5.37. The van der Waals surface area contributed by atoms with Crippen molar-refractivity contribution in [3.8, 4) is 0 Å². The molecule has 0 saturated carbocycles. The molecule has 0 aromatic heterocycles. The molecule has 0 heterocycles. The van der Waals surface area contributed by atoms with E-state index in [1.54, 1.807) is 0 Å². The molecule has 2 atom stereocenters. The fourth-order valence-electron chi connectivity index (χ4n) is 6.54. The number of aliphatic carboxylic acids is 1. The van der Waals surface area contributed by atoms with E-state index >= 15 is 0 Å². The number of aliphatic hydroxyl groups is 1. The summed E-state index contributed by atoms with van der Waals surface area (Å²) in [4.78, 5) is 39.0. The van der Waals surface area contributed by atoms with E-state index in [1.807, 2.05) is 0 Å². The number of hydrogen-bond acceptors (Lipinski definition) is 8. The maximum atomic E-state index is 13.4. The average molecular weight is 788 g/mol. The highest BCUT2D eigenvalue weighted by Gasteiger charge is 2.58. The molecular weight excluding hydrogens is 707 g/mol. The van der Waals surface area contributed by atoms with Crippen LogP contribution in [0.2, 0.25) is 0 Å². The zero-order valence-corrected chi connectivity index (χ0v) is 35.6. The Morgan fingerprint density at radius 1 is 0.611 bits per heavy atom.